The molecule has 0 radical (unpaired) electrons. The van der Waals surface area contributed by atoms with Crippen LogP contribution in [-0.2, 0) is 41.6 Å². The summed E-state index contributed by atoms with van der Waals surface area (Å²) < 4.78 is 19.5. The van der Waals surface area contributed by atoms with E-state index in [0.29, 0.717) is 48.4 Å². The molecule has 252 valence electrons. The zero-order valence-corrected chi connectivity index (χ0v) is 27.3. The molecular formula is C37H37N5O7. The Balaban J connectivity index is 1.18. The predicted octanol–water partition coefficient (Wildman–Crippen LogP) is 3.56. The van der Waals surface area contributed by atoms with Gasteiger partial charge < -0.3 is 18.8 Å². The quantitative estimate of drug-likeness (QED) is 0.234. The largest absolute Gasteiger partial charge is 0.464 e. The minimum atomic E-state index is -0.659. The highest BCUT2D eigenvalue weighted by Crippen LogP contribution is 2.37. The van der Waals surface area contributed by atoms with Gasteiger partial charge in [-0.2, -0.15) is 4.68 Å². The summed E-state index contributed by atoms with van der Waals surface area (Å²) in [5.41, 5.74) is 4.76. The normalized spacial score (nSPS) is 16.1. The lowest BCUT2D eigenvalue weighted by atomic mass is 9.96. The first-order valence-corrected chi connectivity index (χ1v) is 16.5. The number of carbonyl (C=O) groups is 3. The van der Waals surface area contributed by atoms with Crippen molar-refractivity contribution >= 4 is 40.0 Å². The minimum Gasteiger partial charge on any atom is -0.464 e. The number of amides is 1. The first kappa shape index (κ1) is 32.2. The van der Waals surface area contributed by atoms with Gasteiger partial charge in [0.25, 0.3) is 11.5 Å². The van der Waals surface area contributed by atoms with E-state index in [2.05, 4.69) is 15.5 Å². The fourth-order valence-corrected chi connectivity index (χ4v) is 6.57. The van der Waals surface area contributed by atoms with Gasteiger partial charge in [-0.25, -0.2) is 9.99 Å². The van der Waals surface area contributed by atoms with Gasteiger partial charge in [0.15, 0.2) is 12.4 Å². The average Bonchev–Trinajstić information content (AvgIpc) is 3.40. The topological polar surface area (TPSA) is 125 Å². The molecule has 2 aliphatic heterocycles. The number of morpholine rings is 1. The molecule has 49 heavy (non-hydrogen) atoms. The van der Waals surface area contributed by atoms with Crippen LogP contribution in [0.5, 0.6) is 0 Å². The molecule has 2 aromatic carbocycles. The molecule has 2 aromatic heterocycles. The molecule has 3 aliphatic rings. The van der Waals surface area contributed by atoms with Crippen LogP contribution in [0.1, 0.15) is 47.6 Å². The molecule has 1 aliphatic carbocycles. The fraction of sp³-hybridized carbons (Fsp3) is 0.324. The summed E-state index contributed by atoms with van der Waals surface area (Å²) in [6.45, 7) is 5.31. The number of esters is 2. The molecule has 1 saturated heterocycles. The van der Waals surface area contributed by atoms with Crippen molar-refractivity contribution in [3.8, 4) is 0 Å². The molecule has 1 amide bonds. The summed E-state index contributed by atoms with van der Waals surface area (Å²) in [7, 11) is 0. The number of para-hydroxylation sites is 1. The lowest BCUT2D eigenvalue weighted by molar-refractivity contribution is -0.151. The Labute approximate surface area is 282 Å². The molecular weight excluding hydrogens is 626 g/mol. The average molecular weight is 664 g/mol. The van der Waals surface area contributed by atoms with Gasteiger partial charge in [0, 0.05) is 30.9 Å². The van der Waals surface area contributed by atoms with Crippen molar-refractivity contribution in [1.82, 2.24) is 19.1 Å². The Morgan fingerprint density at radius 1 is 0.939 bits per heavy atom. The predicted molar refractivity (Wildman–Crippen MR) is 182 cm³/mol. The molecule has 0 unspecified atom stereocenters. The van der Waals surface area contributed by atoms with Crippen LogP contribution >= 0.6 is 0 Å². The van der Waals surface area contributed by atoms with Crippen LogP contribution in [0.3, 0.4) is 0 Å². The van der Waals surface area contributed by atoms with E-state index in [1.165, 1.54) is 9.69 Å². The number of ether oxygens (including phenoxy) is 3. The highest BCUT2D eigenvalue weighted by Gasteiger charge is 2.34. The number of aromatic nitrogens is 3. The van der Waals surface area contributed by atoms with Gasteiger partial charge in [-0.3, -0.25) is 24.1 Å². The van der Waals surface area contributed by atoms with E-state index < -0.39 is 30.0 Å². The summed E-state index contributed by atoms with van der Waals surface area (Å²) in [6.07, 6.45) is 4.68. The second-order valence-corrected chi connectivity index (χ2v) is 12.2. The third-order valence-electron chi connectivity index (χ3n) is 8.98. The van der Waals surface area contributed by atoms with Crippen molar-refractivity contribution in [1.29, 1.82) is 0 Å². The number of hydrogen-bond acceptors (Lipinski definition) is 9. The Kier molecular flexibility index (Phi) is 9.23. The van der Waals surface area contributed by atoms with E-state index in [9.17, 15) is 19.2 Å². The summed E-state index contributed by atoms with van der Waals surface area (Å²) >= 11 is 0. The molecule has 4 heterocycles. The number of hydrogen-bond donors (Lipinski definition) is 0. The fourth-order valence-electron chi connectivity index (χ4n) is 6.57. The van der Waals surface area contributed by atoms with Gasteiger partial charge in [-0.05, 0) is 43.5 Å². The van der Waals surface area contributed by atoms with Crippen molar-refractivity contribution in [3.63, 3.8) is 0 Å². The highest BCUT2D eigenvalue weighted by molar-refractivity contribution is 6.26. The molecule has 0 bridgehead atoms. The number of carbonyl (C=O) groups excluding carboxylic acids is 3. The van der Waals surface area contributed by atoms with Crippen molar-refractivity contribution in [3.05, 3.63) is 112 Å². The van der Waals surface area contributed by atoms with Crippen LogP contribution in [0.25, 0.3) is 22.2 Å². The highest BCUT2D eigenvalue weighted by atomic mass is 16.5. The Bertz CT molecular complexity index is 2040. The van der Waals surface area contributed by atoms with Gasteiger partial charge >= 0.3 is 11.9 Å². The van der Waals surface area contributed by atoms with E-state index >= 15 is 0 Å². The van der Waals surface area contributed by atoms with Crippen LogP contribution in [0, 0.1) is 6.92 Å². The molecule has 12 nitrogen and oxygen atoms in total. The van der Waals surface area contributed by atoms with Gasteiger partial charge in [0.2, 0.25) is 0 Å². The molecule has 7 rings (SSSR count). The number of rotatable bonds is 10. The van der Waals surface area contributed by atoms with E-state index in [1.807, 2.05) is 43.3 Å². The van der Waals surface area contributed by atoms with Crippen LogP contribution in [0.4, 0.5) is 0 Å². The van der Waals surface area contributed by atoms with Crippen LogP contribution in [-0.4, -0.2) is 76.4 Å². The Morgan fingerprint density at radius 3 is 2.47 bits per heavy atom. The van der Waals surface area contributed by atoms with Gasteiger partial charge in [-0.1, -0.05) is 48.5 Å². The van der Waals surface area contributed by atoms with E-state index in [-0.39, 0.29) is 25.3 Å². The first-order chi connectivity index (χ1) is 23.9. The first-order valence-electron chi connectivity index (χ1n) is 16.5. The van der Waals surface area contributed by atoms with Crippen molar-refractivity contribution in [2.75, 3.05) is 44.5 Å². The van der Waals surface area contributed by atoms with Gasteiger partial charge in [0.05, 0.1) is 60.1 Å². The van der Waals surface area contributed by atoms with E-state index in [4.69, 9.17) is 19.2 Å². The van der Waals surface area contributed by atoms with Crippen LogP contribution in [0.2, 0.25) is 0 Å². The maximum Gasteiger partial charge on any atom is 0.306 e. The maximum atomic E-state index is 14.5. The molecule has 1 fully saturated rings. The second kappa shape index (κ2) is 14.0. The Morgan fingerprint density at radius 2 is 1.67 bits per heavy atom. The summed E-state index contributed by atoms with van der Waals surface area (Å²) in [5.74, 6) is -1.51. The zero-order valence-electron chi connectivity index (χ0n) is 27.3. The lowest BCUT2D eigenvalue weighted by Gasteiger charge is -2.26. The number of fused-ring (bicyclic) bond motifs is 1. The summed E-state index contributed by atoms with van der Waals surface area (Å²) in [6, 6.07) is 18.6. The van der Waals surface area contributed by atoms with Crippen LogP contribution in [0.15, 0.2) is 77.7 Å². The molecule has 0 N–H and O–H groups in total. The van der Waals surface area contributed by atoms with Crippen molar-refractivity contribution < 1.29 is 28.6 Å². The monoisotopic (exact) mass is 663 g/mol. The third kappa shape index (κ3) is 6.57. The summed E-state index contributed by atoms with van der Waals surface area (Å²) in [4.78, 5) is 60.8. The van der Waals surface area contributed by atoms with E-state index in [0.717, 1.165) is 42.0 Å². The number of benzene rings is 2. The Hall–Kier alpha value is -5.33. The molecule has 4 aromatic rings. The number of aryl methyl sites for hydroxylation is 2. The van der Waals surface area contributed by atoms with Gasteiger partial charge in [0.1, 0.15) is 6.61 Å². The molecule has 0 saturated carbocycles. The van der Waals surface area contributed by atoms with Crippen molar-refractivity contribution in [2.24, 2.45) is 0 Å². The van der Waals surface area contributed by atoms with E-state index in [1.54, 1.807) is 30.5 Å². The standard InChI is InChI=1S/C37H37N5O7/c1-25-22-27-10-7-12-29-35(27)41(25)31(26-8-3-2-4-9-26)23-40(36(29)45)42-32(38-30-13-6-5-11-28(30)37(42)46)24-49-34(44)15-14-33(43)48-21-18-39-16-19-47-20-17-39/h2-6,8-9,11-13,22-23H,7,10,14-21,24H2,1H3. The number of nitrogens with zero attached hydrogens (tertiary/aromatic N) is 5. The zero-order chi connectivity index (χ0) is 33.9. The lowest BCUT2D eigenvalue weighted by Crippen LogP contribution is -2.45. The minimum absolute atomic E-state index is 0.0575. The summed E-state index contributed by atoms with van der Waals surface area (Å²) in [5, 5.41) is 1.59. The molecule has 0 atom stereocenters. The smallest absolute Gasteiger partial charge is 0.306 e. The van der Waals surface area contributed by atoms with Gasteiger partial charge in [-0.15, -0.1) is 0 Å². The SMILES string of the molecule is Cc1cc2c3n1C(c1ccccc1)=CN(n1c(COC(=O)CCC(=O)OCCN4CCOCC4)nc4ccccc4c1=O)C(=O)C3=CCC2. The maximum absolute atomic E-state index is 14.5. The molecule has 0 spiro atoms. The van der Waals surface area contributed by atoms with Crippen molar-refractivity contribution in [2.45, 2.75) is 39.2 Å². The molecule has 12 heteroatoms. The second-order valence-electron chi connectivity index (χ2n) is 12.2. The third-order valence-corrected chi connectivity index (χ3v) is 8.98. The van der Waals surface area contributed by atoms with Crippen LogP contribution < -0.4 is 10.6 Å². The number of allylic oxidation sites excluding steroid dienone is 1.